The number of thioether (sulfide) groups is 1. The lowest BCUT2D eigenvalue weighted by Gasteiger charge is -2.14. The Morgan fingerprint density at radius 1 is 1.04 bits per heavy atom. The molecule has 2 amide bonds. The first-order valence-electron chi connectivity index (χ1n) is 7.77. The summed E-state index contributed by atoms with van der Waals surface area (Å²) in [5, 5.41) is 5.48. The average molecular weight is 342 g/mol. The maximum absolute atomic E-state index is 12.4. The highest BCUT2D eigenvalue weighted by Gasteiger charge is 2.15. The van der Waals surface area contributed by atoms with E-state index in [2.05, 4.69) is 10.6 Å². The molecular formula is C19H22N2O2S. The van der Waals surface area contributed by atoms with Crippen molar-refractivity contribution in [3.8, 4) is 0 Å². The minimum absolute atomic E-state index is 0.0429. The van der Waals surface area contributed by atoms with Crippen LogP contribution in [0.1, 0.15) is 25.0 Å². The Labute approximate surface area is 147 Å². The predicted molar refractivity (Wildman–Crippen MR) is 101 cm³/mol. The van der Waals surface area contributed by atoms with E-state index in [1.54, 1.807) is 0 Å². The average Bonchev–Trinajstić information content (AvgIpc) is 2.50. The molecule has 0 heterocycles. The minimum atomic E-state index is -0.252. The summed E-state index contributed by atoms with van der Waals surface area (Å²) >= 11 is 1.46. The minimum Gasteiger partial charge on any atom is -0.326 e. The van der Waals surface area contributed by atoms with E-state index in [9.17, 15) is 9.59 Å². The van der Waals surface area contributed by atoms with Gasteiger partial charge >= 0.3 is 0 Å². The number of hydrogen-bond acceptors (Lipinski definition) is 3. The largest absolute Gasteiger partial charge is 0.326 e. The second-order valence-corrected chi connectivity index (χ2v) is 7.19. The monoisotopic (exact) mass is 342 g/mol. The van der Waals surface area contributed by atoms with Gasteiger partial charge in [0.15, 0.2) is 0 Å². The van der Waals surface area contributed by atoms with Crippen LogP contribution in [0.25, 0.3) is 0 Å². The van der Waals surface area contributed by atoms with Gasteiger partial charge in [-0.3, -0.25) is 9.59 Å². The molecule has 1 atom stereocenters. The van der Waals surface area contributed by atoms with Crippen LogP contribution in [0.15, 0.2) is 47.4 Å². The molecule has 1 unspecified atom stereocenters. The summed E-state index contributed by atoms with van der Waals surface area (Å²) in [6, 6.07) is 13.5. The van der Waals surface area contributed by atoms with Crippen molar-refractivity contribution in [3.05, 3.63) is 53.6 Å². The molecular weight excluding hydrogens is 320 g/mol. The van der Waals surface area contributed by atoms with Gasteiger partial charge in [0.05, 0.1) is 5.25 Å². The normalized spacial score (nSPS) is 11.7. The molecule has 4 nitrogen and oxygen atoms in total. The first-order chi connectivity index (χ1) is 11.3. The Morgan fingerprint density at radius 2 is 1.79 bits per heavy atom. The van der Waals surface area contributed by atoms with Gasteiger partial charge in [-0.2, -0.15) is 0 Å². The van der Waals surface area contributed by atoms with Crippen molar-refractivity contribution in [2.45, 2.75) is 37.8 Å². The number of aryl methyl sites for hydroxylation is 2. The van der Waals surface area contributed by atoms with E-state index in [0.29, 0.717) is 0 Å². The third kappa shape index (κ3) is 5.13. The summed E-state index contributed by atoms with van der Waals surface area (Å²) in [7, 11) is 0. The van der Waals surface area contributed by atoms with Crippen molar-refractivity contribution in [2.24, 2.45) is 0 Å². The zero-order valence-electron chi connectivity index (χ0n) is 14.3. The zero-order chi connectivity index (χ0) is 17.7. The number of benzene rings is 2. The molecule has 2 aromatic rings. The molecule has 0 fully saturated rings. The van der Waals surface area contributed by atoms with E-state index in [0.717, 1.165) is 27.4 Å². The summed E-state index contributed by atoms with van der Waals surface area (Å²) in [5.74, 6) is -0.156. The zero-order valence-corrected chi connectivity index (χ0v) is 15.2. The first kappa shape index (κ1) is 18.1. The van der Waals surface area contributed by atoms with Crippen molar-refractivity contribution < 1.29 is 9.59 Å². The highest BCUT2D eigenvalue weighted by Crippen LogP contribution is 2.27. The fraction of sp³-hybridized carbons (Fsp3) is 0.263. The Kier molecular flexibility index (Phi) is 6.04. The Hall–Kier alpha value is -2.27. The molecule has 0 radical (unpaired) electrons. The van der Waals surface area contributed by atoms with Gasteiger partial charge in [0.25, 0.3) is 0 Å². The number of anilines is 2. The number of hydrogen-bond donors (Lipinski definition) is 2. The summed E-state index contributed by atoms with van der Waals surface area (Å²) in [6.45, 7) is 7.32. The number of amides is 2. The van der Waals surface area contributed by atoms with Crippen LogP contribution in [0.3, 0.4) is 0 Å². The smallest absolute Gasteiger partial charge is 0.237 e. The van der Waals surface area contributed by atoms with Crippen LogP contribution in [0.5, 0.6) is 0 Å². The Bertz CT molecular complexity index is 759. The van der Waals surface area contributed by atoms with Crippen LogP contribution in [0, 0.1) is 13.8 Å². The third-order valence-corrected chi connectivity index (χ3v) is 4.58. The van der Waals surface area contributed by atoms with Crippen LogP contribution in [0.4, 0.5) is 11.4 Å². The maximum Gasteiger partial charge on any atom is 0.237 e. The molecule has 0 aliphatic heterocycles. The fourth-order valence-electron chi connectivity index (χ4n) is 2.21. The van der Waals surface area contributed by atoms with Crippen molar-refractivity contribution in [2.75, 3.05) is 10.6 Å². The molecule has 0 aliphatic carbocycles. The molecule has 0 spiro atoms. The quantitative estimate of drug-likeness (QED) is 0.793. The number of carbonyl (C=O) groups excluding carboxylic acids is 2. The van der Waals surface area contributed by atoms with Gasteiger partial charge < -0.3 is 10.6 Å². The second-order valence-electron chi connectivity index (χ2n) is 5.78. The van der Waals surface area contributed by atoms with Crippen LogP contribution < -0.4 is 10.6 Å². The van der Waals surface area contributed by atoms with Crippen molar-refractivity contribution in [1.29, 1.82) is 0 Å². The van der Waals surface area contributed by atoms with Gasteiger partial charge in [-0.15, -0.1) is 11.8 Å². The molecule has 24 heavy (non-hydrogen) atoms. The van der Waals surface area contributed by atoms with Gasteiger partial charge in [0.1, 0.15) is 0 Å². The topological polar surface area (TPSA) is 58.2 Å². The van der Waals surface area contributed by atoms with Gasteiger partial charge in [-0.05, 0) is 56.2 Å². The summed E-state index contributed by atoms with van der Waals surface area (Å²) < 4.78 is 0. The lowest BCUT2D eigenvalue weighted by Crippen LogP contribution is -2.22. The lowest BCUT2D eigenvalue weighted by molar-refractivity contribution is -0.115. The molecule has 0 bridgehead atoms. The Morgan fingerprint density at radius 3 is 2.50 bits per heavy atom. The number of carbonyl (C=O) groups is 2. The highest BCUT2D eigenvalue weighted by atomic mass is 32.2. The number of rotatable bonds is 5. The van der Waals surface area contributed by atoms with E-state index >= 15 is 0 Å². The molecule has 2 rings (SSSR count). The summed E-state index contributed by atoms with van der Waals surface area (Å²) in [6.07, 6.45) is 0. The van der Waals surface area contributed by atoms with Gasteiger partial charge in [0, 0.05) is 23.2 Å². The summed E-state index contributed by atoms with van der Waals surface area (Å²) in [4.78, 5) is 24.5. The third-order valence-electron chi connectivity index (χ3n) is 3.49. The summed E-state index contributed by atoms with van der Waals surface area (Å²) in [5.41, 5.74) is 3.73. The molecule has 0 aliphatic rings. The van der Waals surface area contributed by atoms with Gasteiger partial charge in [-0.1, -0.05) is 18.2 Å². The predicted octanol–water partition coefficient (Wildman–Crippen LogP) is 4.38. The van der Waals surface area contributed by atoms with E-state index in [1.165, 1.54) is 18.7 Å². The molecule has 2 aromatic carbocycles. The van der Waals surface area contributed by atoms with E-state index in [4.69, 9.17) is 0 Å². The van der Waals surface area contributed by atoms with Crippen LogP contribution in [0.2, 0.25) is 0 Å². The SMILES string of the molecule is CC(=O)Nc1cccc(SC(C)C(=O)Nc2cc(C)ccc2C)c1. The van der Waals surface area contributed by atoms with Gasteiger partial charge in [-0.25, -0.2) is 0 Å². The molecule has 0 aromatic heterocycles. The molecule has 0 saturated carbocycles. The molecule has 5 heteroatoms. The fourth-order valence-corrected chi connectivity index (χ4v) is 3.14. The first-order valence-corrected chi connectivity index (χ1v) is 8.65. The highest BCUT2D eigenvalue weighted by molar-refractivity contribution is 8.00. The van der Waals surface area contributed by atoms with Crippen molar-refractivity contribution in [3.63, 3.8) is 0 Å². The van der Waals surface area contributed by atoms with E-state index < -0.39 is 0 Å². The van der Waals surface area contributed by atoms with Crippen molar-refractivity contribution in [1.82, 2.24) is 0 Å². The van der Waals surface area contributed by atoms with Crippen LogP contribution in [-0.4, -0.2) is 17.1 Å². The second kappa shape index (κ2) is 8.02. The number of nitrogens with one attached hydrogen (secondary N) is 2. The van der Waals surface area contributed by atoms with E-state index in [-0.39, 0.29) is 17.1 Å². The molecule has 126 valence electrons. The van der Waals surface area contributed by atoms with Crippen molar-refractivity contribution >= 4 is 35.0 Å². The van der Waals surface area contributed by atoms with Crippen LogP contribution in [-0.2, 0) is 9.59 Å². The lowest BCUT2D eigenvalue weighted by atomic mass is 10.1. The van der Waals surface area contributed by atoms with E-state index in [1.807, 2.05) is 63.2 Å². The maximum atomic E-state index is 12.4. The van der Waals surface area contributed by atoms with Gasteiger partial charge in [0.2, 0.25) is 11.8 Å². The Balaban J connectivity index is 2.03. The van der Waals surface area contributed by atoms with Crippen LogP contribution >= 0.6 is 11.8 Å². The molecule has 2 N–H and O–H groups in total. The molecule has 0 saturated heterocycles. The standard InChI is InChI=1S/C19H22N2O2S/c1-12-8-9-13(2)18(10-12)21-19(23)14(3)24-17-7-5-6-16(11-17)20-15(4)22/h5-11,14H,1-4H3,(H,20,22)(H,21,23).